The Morgan fingerprint density at radius 3 is 2.61 bits per heavy atom. The summed E-state index contributed by atoms with van der Waals surface area (Å²) in [6.45, 7) is 2.78. The summed E-state index contributed by atoms with van der Waals surface area (Å²) < 4.78 is 30.8. The molecule has 0 unspecified atom stereocenters. The molecule has 1 rings (SSSR count). The van der Waals surface area contributed by atoms with Crippen molar-refractivity contribution < 1.29 is 13.2 Å². The third-order valence-corrected chi connectivity index (χ3v) is 4.80. The lowest BCUT2D eigenvalue weighted by Crippen LogP contribution is -2.33. The van der Waals surface area contributed by atoms with Gasteiger partial charge >= 0.3 is 0 Å². The van der Waals surface area contributed by atoms with Crippen LogP contribution in [0.2, 0.25) is 5.02 Å². The van der Waals surface area contributed by atoms with E-state index in [1.165, 1.54) is 29.6 Å². The minimum atomic E-state index is -3.55. The van der Waals surface area contributed by atoms with E-state index in [4.69, 9.17) is 22.1 Å². The lowest BCUT2D eigenvalue weighted by atomic mass is 10.3. The number of nitrogen functional groups attached to an aromatic ring is 1. The first-order valence-corrected chi connectivity index (χ1v) is 7.29. The average Bonchev–Trinajstić information content (AvgIpc) is 2.33. The van der Waals surface area contributed by atoms with Crippen LogP contribution in [0.3, 0.4) is 0 Å². The number of anilines is 1. The Morgan fingerprint density at radius 2 is 2.11 bits per heavy atom. The van der Waals surface area contributed by atoms with E-state index in [1.54, 1.807) is 6.92 Å². The van der Waals surface area contributed by atoms with Gasteiger partial charge in [-0.15, -0.1) is 0 Å². The fraction of sp³-hybridized carbons (Fsp3) is 0.455. The van der Waals surface area contributed by atoms with Gasteiger partial charge in [0.1, 0.15) is 0 Å². The van der Waals surface area contributed by atoms with Crippen LogP contribution in [0.25, 0.3) is 0 Å². The van der Waals surface area contributed by atoms with Gasteiger partial charge in [0.2, 0.25) is 10.0 Å². The predicted octanol–water partition coefficient (Wildman–Crippen LogP) is 1.58. The highest BCUT2D eigenvalue weighted by molar-refractivity contribution is 7.89. The van der Waals surface area contributed by atoms with E-state index in [0.717, 1.165) is 0 Å². The zero-order valence-electron chi connectivity index (χ0n) is 10.4. The number of sulfonamides is 1. The van der Waals surface area contributed by atoms with E-state index >= 15 is 0 Å². The van der Waals surface area contributed by atoms with E-state index in [1.807, 2.05) is 0 Å². The Bertz CT molecular complexity index is 505. The Labute approximate surface area is 113 Å². The Morgan fingerprint density at radius 1 is 1.44 bits per heavy atom. The molecule has 0 heterocycles. The van der Waals surface area contributed by atoms with Gasteiger partial charge in [-0.05, 0) is 18.2 Å². The second-order valence-corrected chi connectivity index (χ2v) is 6.02. The van der Waals surface area contributed by atoms with Gasteiger partial charge in [0, 0.05) is 20.2 Å². The first kappa shape index (κ1) is 15.2. The van der Waals surface area contributed by atoms with Gasteiger partial charge in [0.15, 0.2) is 0 Å². The topological polar surface area (TPSA) is 72.6 Å². The van der Waals surface area contributed by atoms with Crippen molar-refractivity contribution in [3.05, 3.63) is 23.2 Å². The molecule has 0 saturated heterocycles. The number of hydrogen-bond donors (Lipinski definition) is 1. The van der Waals surface area contributed by atoms with Crippen molar-refractivity contribution in [3.8, 4) is 0 Å². The quantitative estimate of drug-likeness (QED) is 0.808. The molecule has 0 bridgehead atoms. The largest absolute Gasteiger partial charge is 0.398 e. The molecule has 0 aliphatic rings. The average molecular weight is 293 g/mol. The van der Waals surface area contributed by atoms with Crippen LogP contribution in [0, 0.1) is 0 Å². The highest BCUT2D eigenvalue weighted by Gasteiger charge is 2.23. The van der Waals surface area contributed by atoms with Crippen LogP contribution in [-0.2, 0) is 14.8 Å². The summed E-state index contributed by atoms with van der Waals surface area (Å²) >= 11 is 5.84. The highest BCUT2D eigenvalue weighted by Crippen LogP contribution is 2.24. The van der Waals surface area contributed by atoms with Gasteiger partial charge in [0.25, 0.3) is 0 Å². The molecule has 0 aromatic heterocycles. The minimum Gasteiger partial charge on any atom is -0.398 e. The molecule has 2 N–H and O–H groups in total. The maximum absolute atomic E-state index is 12.3. The van der Waals surface area contributed by atoms with Crippen LogP contribution in [0.1, 0.15) is 6.92 Å². The SMILES string of the molecule is CCN(CCOC)S(=O)(=O)c1ccc(N)c(Cl)c1. The molecule has 0 spiro atoms. The maximum Gasteiger partial charge on any atom is 0.243 e. The van der Waals surface area contributed by atoms with Gasteiger partial charge < -0.3 is 10.5 Å². The smallest absolute Gasteiger partial charge is 0.243 e. The Kier molecular flexibility index (Phi) is 5.40. The van der Waals surface area contributed by atoms with Crippen LogP contribution in [-0.4, -0.2) is 39.5 Å². The van der Waals surface area contributed by atoms with Crippen LogP contribution < -0.4 is 5.73 Å². The number of rotatable bonds is 6. The molecule has 1 aromatic rings. The van der Waals surface area contributed by atoms with Crippen LogP contribution in [0.4, 0.5) is 5.69 Å². The summed E-state index contributed by atoms with van der Waals surface area (Å²) in [6.07, 6.45) is 0. The fourth-order valence-electron chi connectivity index (χ4n) is 1.46. The number of methoxy groups -OCH3 is 1. The van der Waals surface area contributed by atoms with Gasteiger partial charge in [-0.1, -0.05) is 18.5 Å². The number of nitrogens with zero attached hydrogens (tertiary/aromatic N) is 1. The maximum atomic E-state index is 12.3. The van der Waals surface area contributed by atoms with Gasteiger partial charge in [-0.2, -0.15) is 4.31 Å². The molecule has 102 valence electrons. The van der Waals surface area contributed by atoms with Gasteiger partial charge in [0.05, 0.1) is 22.2 Å². The molecule has 0 radical (unpaired) electrons. The Balaban J connectivity index is 3.06. The summed E-state index contributed by atoms with van der Waals surface area (Å²) in [4.78, 5) is 0.139. The molecular formula is C11H17ClN2O3S. The van der Waals surface area contributed by atoms with Crippen molar-refractivity contribution in [2.45, 2.75) is 11.8 Å². The number of benzene rings is 1. The molecule has 0 atom stereocenters. The fourth-order valence-corrected chi connectivity index (χ4v) is 3.16. The summed E-state index contributed by atoms with van der Waals surface area (Å²) in [5.74, 6) is 0. The standard InChI is InChI=1S/C11H17ClN2O3S/c1-3-14(6-7-17-2)18(15,16)9-4-5-11(13)10(12)8-9/h4-5,8H,3,6-7,13H2,1-2H3. The third kappa shape index (κ3) is 3.35. The summed E-state index contributed by atoms with van der Waals surface area (Å²) in [5.41, 5.74) is 5.92. The zero-order valence-corrected chi connectivity index (χ0v) is 12.0. The first-order chi connectivity index (χ1) is 8.43. The molecule has 18 heavy (non-hydrogen) atoms. The molecule has 0 aliphatic carbocycles. The van der Waals surface area contributed by atoms with Crippen molar-refractivity contribution in [2.24, 2.45) is 0 Å². The van der Waals surface area contributed by atoms with E-state index in [-0.39, 0.29) is 9.92 Å². The monoisotopic (exact) mass is 292 g/mol. The molecule has 0 amide bonds. The van der Waals surface area contributed by atoms with E-state index in [2.05, 4.69) is 0 Å². The lowest BCUT2D eigenvalue weighted by Gasteiger charge is -2.20. The van der Waals surface area contributed by atoms with Crippen LogP contribution in [0.5, 0.6) is 0 Å². The number of halogens is 1. The number of likely N-dealkylation sites (N-methyl/N-ethyl adjacent to an activating group) is 1. The van der Waals surface area contributed by atoms with Gasteiger partial charge in [-0.25, -0.2) is 8.42 Å². The van der Waals surface area contributed by atoms with Crippen molar-refractivity contribution in [2.75, 3.05) is 32.5 Å². The molecule has 5 nitrogen and oxygen atoms in total. The second kappa shape index (κ2) is 6.38. The van der Waals surface area contributed by atoms with Crippen LogP contribution >= 0.6 is 11.6 Å². The van der Waals surface area contributed by atoms with E-state index < -0.39 is 10.0 Å². The predicted molar refractivity (Wildman–Crippen MR) is 72.2 cm³/mol. The highest BCUT2D eigenvalue weighted by atomic mass is 35.5. The molecule has 0 aliphatic heterocycles. The molecule has 0 saturated carbocycles. The lowest BCUT2D eigenvalue weighted by molar-refractivity contribution is 0.180. The number of hydrogen-bond acceptors (Lipinski definition) is 4. The van der Waals surface area contributed by atoms with E-state index in [9.17, 15) is 8.42 Å². The van der Waals surface area contributed by atoms with Crippen molar-refractivity contribution in [1.82, 2.24) is 4.31 Å². The first-order valence-electron chi connectivity index (χ1n) is 5.47. The zero-order chi connectivity index (χ0) is 13.8. The van der Waals surface area contributed by atoms with Crippen molar-refractivity contribution >= 4 is 27.3 Å². The number of nitrogens with two attached hydrogens (primary N) is 1. The second-order valence-electron chi connectivity index (χ2n) is 3.67. The molecule has 0 fully saturated rings. The van der Waals surface area contributed by atoms with Crippen molar-refractivity contribution in [3.63, 3.8) is 0 Å². The summed E-state index contributed by atoms with van der Waals surface area (Å²) in [6, 6.07) is 4.30. The normalized spacial score (nSPS) is 12.0. The van der Waals surface area contributed by atoms with E-state index in [0.29, 0.717) is 25.4 Å². The van der Waals surface area contributed by atoms with Crippen LogP contribution in [0.15, 0.2) is 23.1 Å². The minimum absolute atomic E-state index is 0.139. The summed E-state index contributed by atoms with van der Waals surface area (Å²) in [7, 11) is -2.02. The molecule has 1 aromatic carbocycles. The summed E-state index contributed by atoms with van der Waals surface area (Å²) in [5, 5.41) is 0.235. The number of ether oxygens (including phenoxy) is 1. The van der Waals surface area contributed by atoms with Crippen molar-refractivity contribution in [1.29, 1.82) is 0 Å². The van der Waals surface area contributed by atoms with Gasteiger partial charge in [-0.3, -0.25) is 0 Å². The Hall–Kier alpha value is -0.820. The molecule has 7 heteroatoms. The molecular weight excluding hydrogens is 276 g/mol. The third-order valence-electron chi connectivity index (χ3n) is 2.51.